The number of benzene rings is 2. The molecule has 0 aliphatic rings. The summed E-state index contributed by atoms with van der Waals surface area (Å²) in [7, 11) is 1.57. The van der Waals surface area contributed by atoms with Crippen molar-refractivity contribution in [3.05, 3.63) is 58.1 Å². The second-order valence-electron chi connectivity index (χ2n) is 5.50. The van der Waals surface area contributed by atoms with Crippen LogP contribution in [0.25, 0.3) is 0 Å². The Balaban J connectivity index is 2.07. The molecule has 0 aliphatic heterocycles. The Labute approximate surface area is 155 Å². The summed E-state index contributed by atoms with van der Waals surface area (Å²) in [5.41, 5.74) is 2.53. The molecule has 0 radical (unpaired) electrons. The number of hydrogen-bond acceptors (Lipinski definition) is 3. The number of carbonyl (C=O) groups excluding carboxylic acids is 1. The predicted molar refractivity (Wildman–Crippen MR) is 105 cm³/mol. The number of hydrogen-bond donors (Lipinski definition) is 2. The molecule has 0 saturated carbocycles. The lowest BCUT2D eigenvalue weighted by Crippen LogP contribution is -2.34. The summed E-state index contributed by atoms with van der Waals surface area (Å²) < 4.78 is 5.87. The van der Waals surface area contributed by atoms with Crippen molar-refractivity contribution in [2.24, 2.45) is 0 Å². The van der Waals surface area contributed by atoms with E-state index in [0.29, 0.717) is 21.7 Å². The number of halogens is 1. The first-order chi connectivity index (χ1) is 11.4. The number of para-hydroxylation sites is 1. The van der Waals surface area contributed by atoms with Crippen LogP contribution in [-0.4, -0.2) is 18.1 Å². The summed E-state index contributed by atoms with van der Waals surface area (Å²) >= 11 is 8.63. The van der Waals surface area contributed by atoms with Gasteiger partial charge in [0.1, 0.15) is 5.75 Å². The van der Waals surface area contributed by atoms with Gasteiger partial charge in [-0.2, -0.15) is 0 Å². The SMILES string of the molecule is COc1ccc(C(=O)NC(=S)Nc2ccccc2C(C)C)cc1Br. The normalized spacial score (nSPS) is 10.4. The van der Waals surface area contributed by atoms with Crippen LogP contribution in [-0.2, 0) is 0 Å². The van der Waals surface area contributed by atoms with Crippen LogP contribution in [0.15, 0.2) is 46.9 Å². The molecule has 24 heavy (non-hydrogen) atoms. The summed E-state index contributed by atoms with van der Waals surface area (Å²) in [5.74, 6) is 0.737. The Bertz CT molecular complexity index is 762. The van der Waals surface area contributed by atoms with Crippen LogP contribution in [0.2, 0.25) is 0 Å². The summed E-state index contributed by atoms with van der Waals surface area (Å²) in [6.45, 7) is 4.22. The van der Waals surface area contributed by atoms with E-state index in [9.17, 15) is 4.79 Å². The highest BCUT2D eigenvalue weighted by molar-refractivity contribution is 9.10. The van der Waals surface area contributed by atoms with Gasteiger partial charge in [-0.1, -0.05) is 32.0 Å². The van der Waals surface area contributed by atoms with Crippen molar-refractivity contribution in [2.45, 2.75) is 19.8 Å². The van der Waals surface area contributed by atoms with Crippen molar-refractivity contribution in [1.82, 2.24) is 5.32 Å². The van der Waals surface area contributed by atoms with E-state index in [-0.39, 0.29) is 11.0 Å². The Morgan fingerprint density at radius 2 is 1.92 bits per heavy atom. The minimum absolute atomic E-state index is 0.264. The maximum atomic E-state index is 12.3. The van der Waals surface area contributed by atoms with Crippen molar-refractivity contribution in [3.63, 3.8) is 0 Å². The second kappa shape index (κ2) is 8.26. The molecule has 0 fully saturated rings. The van der Waals surface area contributed by atoms with Gasteiger partial charge in [0.2, 0.25) is 0 Å². The van der Waals surface area contributed by atoms with Crippen LogP contribution < -0.4 is 15.4 Å². The zero-order valence-electron chi connectivity index (χ0n) is 13.7. The Hall–Kier alpha value is -1.92. The number of nitrogens with one attached hydrogen (secondary N) is 2. The highest BCUT2D eigenvalue weighted by Crippen LogP contribution is 2.26. The van der Waals surface area contributed by atoms with E-state index in [2.05, 4.69) is 40.4 Å². The molecular weight excluding hydrogens is 388 g/mol. The molecule has 0 saturated heterocycles. The van der Waals surface area contributed by atoms with Gasteiger partial charge in [-0.15, -0.1) is 0 Å². The molecule has 0 heterocycles. The maximum absolute atomic E-state index is 12.3. The molecule has 0 unspecified atom stereocenters. The lowest BCUT2D eigenvalue weighted by molar-refractivity contribution is 0.0977. The minimum Gasteiger partial charge on any atom is -0.496 e. The molecule has 2 rings (SSSR count). The zero-order valence-corrected chi connectivity index (χ0v) is 16.1. The average Bonchev–Trinajstić information content (AvgIpc) is 2.54. The molecule has 1 amide bonds. The van der Waals surface area contributed by atoms with E-state index in [1.165, 1.54) is 0 Å². The molecule has 0 bridgehead atoms. The predicted octanol–water partition coefficient (Wildman–Crippen LogP) is 4.71. The van der Waals surface area contributed by atoms with Gasteiger partial charge < -0.3 is 10.1 Å². The molecule has 0 aromatic heterocycles. The largest absolute Gasteiger partial charge is 0.496 e. The standard InChI is InChI=1S/C18H19BrN2O2S/c1-11(2)13-6-4-5-7-15(13)20-18(24)21-17(22)12-8-9-16(23-3)14(19)10-12/h4-11H,1-3H3,(H2,20,21,22,24). The van der Waals surface area contributed by atoms with Crippen LogP contribution in [0.1, 0.15) is 35.7 Å². The molecular formula is C18H19BrN2O2S. The summed E-state index contributed by atoms with van der Waals surface area (Å²) in [5, 5.41) is 6.05. The van der Waals surface area contributed by atoms with Crippen molar-refractivity contribution >= 4 is 44.9 Å². The quantitative estimate of drug-likeness (QED) is 0.721. The number of thiocarbonyl (C=S) groups is 1. The van der Waals surface area contributed by atoms with E-state index < -0.39 is 0 Å². The monoisotopic (exact) mass is 406 g/mol. The summed E-state index contributed by atoms with van der Waals surface area (Å²) in [6.07, 6.45) is 0. The van der Waals surface area contributed by atoms with Gasteiger partial charge in [-0.3, -0.25) is 10.1 Å². The van der Waals surface area contributed by atoms with Gasteiger partial charge in [0.05, 0.1) is 11.6 Å². The molecule has 0 atom stereocenters. The molecule has 2 aromatic rings. The fraction of sp³-hybridized carbons (Fsp3) is 0.222. The number of carbonyl (C=O) groups is 1. The third kappa shape index (κ3) is 4.55. The van der Waals surface area contributed by atoms with Gasteiger partial charge in [0.15, 0.2) is 5.11 Å². The lowest BCUT2D eigenvalue weighted by Gasteiger charge is -2.15. The van der Waals surface area contributed by atoms with Crippen LogP contribution in [0, 0.1) is 0 Å². The number of rotatable bonds is 4. The fourth-order valence-corrected chi connectivity index (χ4v) is 2.99. The number of ether oxygens (including phenoxy) is 1. The first kappa shape index (κ1) is 18.4. The second-order valence-corrected chi connectivity index (χ2v) is 6.76. The topological polar surface area (TPSA) is 50.4 Å². The molecule has 2 N–H and O–H groups in total. The van der Waals surface area contributed by atoms with Crippen molar-refractivity contribution in [3.8, 4) is 5.75 Å². The Morgan fingerprint density at radius 1 is 1.21 bits per heavy atom. The van der Waals surface area contributed by atoms with Crippen molar-refractivity contribution in [1.29, 1.82) is 0 Å². The first-order valence-corrected chi connectivity index (χ1v) is 8.67. The minimum atomic E-state index is -0.280. The molecule has 2 aromatic carbocycles. The number of methoxy groups -OCH3 is 1. The molecule has 6 heteroatoms. The van der Waals surface area contributed by atoms with E-state index in [1.54, 1.807) is 25.3 Å². The third-order valence-electron chi connectivity index (χ3n) is 3.47. The van der Waals surface area contributed by atoms with Gasteiger partial charge >= 0.3 is 0 Å². The van der Waals surface area contributed by atoms with Gasteiger partial charge in [0, 0.05) is 11.3 Å². The summed E-state index contributed by atoms with van der Waals surface area (Å²) in [6, 6.07) is 13.0. The Morgan fingerprint density at radius 3 is 2.54 bits per heavy atom. The van der Waals surface area contributed by atoms with Gasteiger partial charge in [-0.05, 0) is 63.9 Å². The van der Waals surface area contributed by atoms with Crippen LogP contribution >= 0.6 is 28.1 Å². The van der Waals surface area contributed by atoms with Crippen LogP contribution in [0.3, 0.4) is 0 Å². The molecule has 126 valence electrons. The van der Waals surface area contributed by atoms with E-state index in [1.807, 2.05) is 24.3 Å². The highest BCUT2D eigenvalue weighted by atomic mass is 79.9. The first-order valence-electron chi connectivity index (χ1n) is 7.47. The maximum Gasteiger partial charge on any atom is 0.257 e. The van der Waals surface area contributed by atoms with Gasteiger partial charge in [0.25, 0.3) is 5.91 Å². The van der Waals surface area contributed by atoms with E-state index >= 15 is 0 Å². The molecule has 4 nitrogen and oxygen atoms in total. The van der Waals surface area contributed by atoms with Crippen molar-refractivity contribution < 1.29 is 9.53 Å². The van der Waals surface area contributed by atoms with E-state index in [4.69, 9.17) is 17.0 Å². The number of amides is 1. The smallest absolute Gasteiger partial charge is 0.257 e. The van der Waals surface area contributed by atoms with Crippen LogP contribution in [0.4, 0.5) is 5.69 Å². The van der Waals surface area contributed by atoms with Crippen LogP contribution in [0.5, 0.6) is 5.75 Å². The highest BCUT2D eigenvalue weighted by Gasteiger charge is 2.12. The lowest BCUT2D eigenvalue weighted by atomic mass is 10.0. The number of anilines is 1. The molecule has 0 spiro atoms. The zero-order chi connectivity index (χ0) is 17.7. The summed E-state index contributed by atoms with van der Waals surface area (Å²) in [4.78, 5) is 12.3. The van der Waals surface area contributed by atoms with E-state index in [0.717, 1.165) is 11.3 Å². The average molecular weight is 407 g/mol. The molecule has 0 aliphatic carbocycles. The van der Waals surface area contributed by atoms with Crippen molar-refractivity contribution in [2.75, 3.05) is 12.4 Å². The Kier molecular flexibility index (Phi) is 6.34. The fourth-order valence-electron chi connectivity index (χ4n) is 2.25. The van der Waals surface area contributed by atoms with Gasteiger partial charge in [-0.25, -0.2) is 0 Å². The third-order valence-corrected chi connectivity index (χ3v) is 4.30.